The zero-order chi connectivity index (χ0) is 14.4. The van der Waals surface area contributed by atoms with E-state index in [0.717, 1.165) is 13.0 Å². The highest BCUT2D eigenvalue weighted by atomic mass is 16.5. The quantitative estimate of drug-likeness (QED) is 0.686. The van der Waals surface area contributed by atoms with Crippen molar-refractivity contribution < 1.29 is 9.53 Å². The monoisotopic (exact) mass is 279 g/mol. The summed E-state index contributed by atoms with van der Waals surface area (Å²) in [6, 6.07) is -0.274. The second kappa shape index (κ2) is 6.75. The standard InChI is InChI=1S/C11H17N7O2/c1-8(14-11(19)9-6-12-17-15-9)10-16-13-7-18(10)4-3-5-20-2/h6-8H,3-5H2,1-2H3,(H,14,19)(H,12,15,17)/t8-/m0/s1. The molecule has 108 valence electrons. The number of rotatable bonds is 7. The molecule has 0 bridgehead atoms. The van der Waals surface area contributed by atoms with Gasteiger partial charge in [0.1, 0.15) is 6.33 Å². The molecule has 1 amide bonds. The lowest BCUT2D eigenvalue weighted by atomic mass is 10.3. The normalized spacial score (nSPS) is 12.3. The highest BCUT2D eigenvalue weighted by molar-refractivity contribution is 5.91. The summed E-state index contributed by atoms with van der Waals surface area (Å²) >= 11 is 0. The van der Waals surface area contributed by atoms with Gasteiger partial charge in [-0.1, -0.05) is 0 Å². The number of nitrogens with one attached hydrogen (secondary N) is 2. The average Bonchev–Trinajstić information content (AvgIpc) is 3.10. The lowest BCUT2D eigenvalue weighted by Gasteiger charge is -2.13. The van der Waals surface area contributed by atoms with Crippen molar-refractivity contribution in [1.82, 2.24) is 35.5 Å². The molecule has 0 saturated heterocycles. The minimum atomic E-state index is -0.308. The first-order valence-corrected chi connectivity index (χ1v) is 6.25. The van der Waals surface area contributed by atoms with Crippen molar-refractivity contribution in [3.05, 3.63) is 24.0 Å². The Morgan fingerprint density at radius 2 is 2.45 bits per heavy atom. The first kappa shape index (κ1) is 14.1. The van der Waals surface area contributed by atoms with Gasteiger partial charge in [-0.2, -0.15) is 15.4 Å². The lowest BCUT2D eigenvalue weighted by Crippen LogP contribution is -2.29. The summed E-state index contributed by atoms with van der Waals surface area (Å²) in [5, 5.41) is 20.4. The highest BCUT2D eigenvalue weighted by Gasteiger charge is 2.17. The van der Waals surface area contributed by atoms with Crippen molar-refractivity contribution in [1.29, 1.82) is 0 Å². The zero-order valence-electron chi connectivity index (χ0n) is 11.4. The van der Waals surface area contributed by atoms with Gasteiger partial charge < -0.3 is 14.6 Å². The Hall–Kier alpha value is -2.29. The first-order valence-electron chi connectivity index (χ1n) is 6.25. The third-order valence-corrected chi connectivity index (χ3v) is 2.78. The van der Waals surface area contributed by atoms with Crippen LogP contribution in [0.4, 0.5) is 0 Å². The molecule has 2 rings (SSSR count). The fraction of sp³-hybridized carbons (Fsp3) is 0.545. The smallest absolute Gasteiger partial charge is 0.274 e. The van der Waals surface area contributed by atoms with E-state index in [2.05, 4.69) is 30.9 Å². The molecule has 0 radical (unpaired) electrons. The molecule has 0 aromatic carbocycles. The van der Waals surface area contributed by atoms with Gasteiger partial charge in [-0.05, 0) is 13.3 Å². The number of aromatic amines is 1. The van der Waals surface area contributed by atoms with E-state index in [1.807, 2.05) is 11.5 Å². The van der Waals surface area contributed by atoms with Crippen LogP contribution in [0.3, 0.4) is 0 Å². The Bertz CT molecular complexity index is 537. The molecule has 9 nitrogen and oxygen atoms in total. The van der Waals surface area contributed by atoms with Crippen LogP contribution in [-0.2, 0) is 11.3 Å². The summed E-state index contributed by atoms with van der Waals surface area (Å²) < 4.78 is 6.91. The molecule has 0 spiro atoms. The van der Waals surface area contributed by atoms with E-state index in [1.54, 1.807) is 13.4 Å². The molecule has 2 N–H and O–H groups in total. The predicted octanol–water partition coefficient (Wildman–Crippen LogP) is -0.0763. The number of hydrogen-bond acceptors (Lipinski definition) is 6. The first-order chi connectivity index (χ1) is 9.72. The molecule has 0 aliphatic rings. The molecule has 0 fully saturated rings. The molecule has 1 atom stereocenters. The highest BCUT2D eigenvalue weighted by Crippen LogP contribution is 2.10. The number of nitrogens with zero attached hydrogens (tertiary/aromatic N) is 5. The maximum Gasteiger partial charge on any atom is 0.274 e. The number of ether oxygens (including phenoxy) is 1. The van der Waals surface area contributed by atoms with E-state index in [4.69, 9.17) is 4.74 Å². The lowest BCUT2D eigenvalue weighted by molar-refractivity contribution is 0.0932. The number of hydrogen-bond donors (Lipinski definition) is 2. The molecule has 0 aliphatic carbocycles. The summed E-state index contributed by atoms with van der Waals surface area (Å²) in [6.45, 7) is 3.24. The van der Waals surface area contributed by atoms with Crippen LogP contribution in [-0.4, -0.2) is 49.8 Å². The topological polar surface area (TPSA) is 111 Å². The van der Waals surface area contributed by atoms with Crippen LogP contribution in [0.1, 0.15) is 35.7 Å². The van der Waals surface area contributed by atoms with Crippen LogP contribution in [0.2, 0.25) is 0 Å². The maximum atomic E-state index is 11.9. The van der Waals surface area contributed by atoms with Gasteiger partial charge in [0.2, 0.25) is 0 Å². The van der Waals surface area contributed by atoms with E-state index in [0.29, 0.717) is 12.4 Å². The molecule has 20 heavy (non-hydrogen) atoms. The number of amides is 1. The van der Waals surface area contributed by atoms with Gasteiger partial charge in [-0.15, -0.1) is 10.2 Å². The Labute approximate surface area is 115 Å². The van der Waals surface area contributed by atoms with E-state index in [1.165, 1.54) is 6.20 Å². The van der Waals surface area contributed by atoms with Gasteiger partial charge in [-0.25, -0.2) is 0 Å². The van der Waals surface area contributed by atoms with Gasteiger partial charge in [0, 0.05) is 20.3 Å². The third kappa shape index (κ3) is 3.38. The van der Waals surface area contributed by atoms with Gasteiger partial charge in [0.25, 0.3) is 5.91 Å². The van der Waals surface area contributed by atoms with Crippen molar-refractivity contribution in [3.8, 4) is 0 Å². The van der Waals surface area contributed by atoms with Crippen molar-refractivity contribution in [3.63, 3.8) is 0 Å². The number of H-pyrrole nitrogens is 1. The van der Waals surface area contributed by atoms with Gasteiger partial charge in [0.15, 0.2) is 11.5 Å². The van der Waals surface area contributed by atoms with Crippen LogP contribution >= 0.6 is 0 Å². The molecule has 0 aliphatic heterocycles. The van der Waals surface area contributed by atoms with E-state index in [-0.39, 0.29) is 17.6 Å². The average molecular weight is 279 g/mol. The fourth-order valence-electron chi connectivity index (χ4n) is 1.80. The number of aromatic nitrogens is 6. The van der Waals surface area contributed by atoms with Crippen LogP contribution in [0.5, 0.6) is 0 Å². The second-order valence-corrected chi connectivity index (χ2v) is 4.28. The van der Waals surface area contributed by atoms with Gasteiger partial charge in [-0.3, -0.25) is 4.79 Å². The molecule has 9 heteroatoms. The molecule has 0 unspecified atom stereocenters. The number of carbonyl (C=O) groups excluding carboxylic acids is 1. The minimum absolute atomic E-state index is 0.238. The van der Waals surface area contributed by atoms with E-state index >= 15 is 0 Å². The molecule has 0 saturated carbocycles. The summed E-state index contributed by atoms with van der Waals surface area (Å²) in [4.78, 5) is 11.9. The third-order valence-electron chi connectivity index (χ3n) is 2.78. The largest absolute Gasteiger partial charge is 0.385 e. The van der Waals surface area contributed by atoms with E-state index < -0.39 is 0 Å². The van der Waals surface area contributed by atoms with Crippen molar-refractivity contribution in [2.75, 3.05) is 13.7 Å². The molecule has 2 aromatic heterocycles. The number of carbonyl (C=O) groups is 1. The fourth-order valence-corrected chi connectivity index (χ4v) is 1.80. The molecule has 2 aromatic rings. The Morgan fingerprint density at radius 1 is 1.60 bits per heavy atom. The van der Waals surface area contributed by atoms with E-state index in [9.17, 15) is 4.79 Å². The number of methoxy groups -OCH3 is 1. The zero-order valence-corrected chi connectivity index (χ0v) is 11.4. The predicted molar refractivity (Wildman–Crippen MR) is 68.8 cm³/mol. The summed E-state index contributed by atoms with van der Waals surface area (Å²) in [7, 11) is 1.66. The van der Waals surface area contributed by atoms with Crippen LogP contribution in [0, 0.1) is 0 Å². The summed E-state index contributed by atoms with van der Waals surface area (Å²) in [5.74, 6) is 0.385. The van der Waals surface area contributed by atoms with Crippen LogP contribution in [0.15, 0.2) is 12.5 Å². The van der Waals surface area contributed by atoms with Crippen LogP contribution < -0.4 is 5.32 Å². The molecular weight excluding hydrogens is 262 g/mol. The van der Waals surface area contributed by atoms with Crippen LogP contribution in [0.25, 0.3) is 0 Å². The number of aryl methyl sites for hydroxylation is 1. The maximum absolute atomic E-state index is 11.9. The van der Waals surface area contributed by atoms with Gasteiger partial charge >= 0.3 is 0 Å². The molecule has 2 heterocycles. The van der Waals surface area contributed by atoms with Crippen molar-refractivity contribution >= 4 is 5.91 Å². The Balaban J connectivity index is 1.97. The molecular formula is C11H17N7O2. The minimum Gasteiger partial charge on any atom is -0.385 e. The second-order valence-electron chi connectivity index (χ2n) is 4.28. The Morgan fingerprint density at radius 3 is 3.15 bits per heavy atom. The Kier molecular flexibility index (Phi) is 4.77. The van der Waals surface area contributed by atoms with Crippen molar-refractivity contribution in [2.45, 2.75) is 25.9 Å². The summed E-state index contributed by atoms with van der Waals surface area (Å²) in [5.41, 5.74) is 0.238. The SMILES string of the molecule is COCCCn1cnnc1[C@H](C)NC(=O)c1cn[nH]n1. The van der Waals surface area contributed by atoms with Crippen molar-refractivity contribution in [2.24, 2.45) is 0 Å². The van der Waals surface area contributed by atoms with Gasteiger partial charge in [0.05, 0.1) is 12.2 Å². The summed E-state index contributed by atoms with van der Waals surface area (Å²) in [6.07, 6.45) is 3.86.